The maximum Gasteiger partial charge on any atom is 0.407 e. The van der Waals surface area contributed by atoms with E-state index in [4.69, 9.17) is 4.74 Å². The minimum atomic E-state index is -0.545. The van der Waals surface area contributed by atoms with E-state index in [1.54, 1.807) is 0 Å². The lowest BCUT2D eigenvalue weighted by Gasteiger charge is -2.34. The van der Waals surface area contributed by atoms with Gasteiger partial charge in [0.05, 0.1) is 0 Å². The van der Waals surface area contributed by atoms with Crippen LogP contribution in [0.5, 0.6) is 0 Å². The van der Waals surface area contributed by atoms with Crippen LogP contribution in [0.2, 0.25) is 0 Å². The Morgan fingerprint density at radius 2 is 1.67 bits per heavy atom. The standard InChI is InChI=1S/C35H46N4O3/c1-26(37-30-19-22-39(23-20-30)25-27-12-6-5-7-13-27)28-14-10-15-29(24-28)31-16-8-9-17-32(31)38-33(40)18-11-21-36-34(41)42-35(2,3)4/h5-10,12-17,24,26,30,37H,11,18-23,25H2,1-4H3,(H,36,41)(H,38,40). The molecule has 1 fully saturated rings. The van der Waals surface area contributed by atoms with Crippen LogP contribution < -0.4 is 16.0 Å². The summed E-state index contributed by atoms with van der Waals surface area (Å²) in [5.41, 5.74) is 4.90. The van der Waals surface area contributed by atoms with E-state index in [1.807, 2.05) is 45.0 Å². The van der Waals surface area contributed by atoms with Crippen LogP contribution in [0.1, 0.15) is 70.5 Å². The average molecular weight is 571 g/mol. The van der Waals surface area contributed by atoms with Gasteiger partial charge < -0.3 is 20.7 Å². The van der Waals surface area contributed by atoms with Crippen molar-refractivity contribution in [2.75, 3.05) is 25.0 Å². The fourth-order valence-corrected chi connectivity index (χ4v) is 5.33. The number of carbonyl (C=O) groups is 2. The summed E-state index contributed by atoms with van der Waals surface area (Å²) in [4.78, 5) is 27.1. The number of ether oxygens (including phenoxy) is 1. The van der Waals surface area contributed by atoms with Gasteiger partial charge in [-0.3, -0.25) is 9.69 Å². The van der Waals surface area contributed by atoms with Crippen molar-refractivity contribution in [2.45, 2.75) is 77.6 Å². The van der Waals surface area contributed by atoms with Gasteiger partial charge in [-0.15, -0.1) is 0 Å². The first-order chi connectivity index (χ1) is 20.2. The maximum atomic E-state index is 12.7. The number of rotatable bonds is 11. The molecule has 1 aliphatic heterocycles. The third-order valence-electron chi connectivity index (χ3n) is 7.47. The van der Waals surface area contributed by atoms with Crippen LogP contribution in [0.15, 0.2) is 78.9 Å². The molecule has 3 aromatic carbocycles. The van der Waals surface area contributed by atoms with E-state index in [2.05, 4.69) is 82.4 Å². The van der Waals surface area contributed by atoms with E-state index in [-0.39, 0.29) is 11.9 Å². The van der Waals surface area contributed by atoms with Crippen LogP contribution in [-0.2, 0) is 16.1 Å². The molecule has 0 aromatic heterocycles. The van der Waals surface area contributed by atoms with Gasteiger partial charge in [0, 0.05) is 42.8 Å². The average Bonchev–Trinajstić information content (AvgIpc) is 2.96. The summed E-state index contributed by atoms with van der Waals surface area (Å²) in [7, 11) is 0. The zero-order valence-electron chi connectivity index (χ0n) is 25.5. The second-order valence-corrected chi connectivity index (χ2v) is 12.2. The van der Waals surface area contributed by atoms with Gasteiger partial charge in [0.25, 0.3) is 0 Å². The first-order valence-electron chi connectivity index (χ1n) is 15.1. The molecular weight excluding hydrogens is 524 g/mol. The lowest BCUT2D eigenvalue weighted by Crippen LogP contribution is -2.42. The molecule has 7 heteroatoms. The number of alkyl carbamates (subject to hydrolysis) is 1. The Morgan fingerprint density at radius 1 is 0.952 bits per heavy atom. The van der Waals surface area contributed by atoms with Crippen molar-refractivity contribution in [3.63, 3.8) is 0 Å². The molecule has 0 radical (unpaired) electrons. The quantitative estimate of drug-likeness (QED) is 0.218. The molecule has 0 spiro atoms. The highest BCUT2D eigenvalue weighted by Gasteiger charge is 2.21. The molecule has 1 atom stereocenters. The first kappa shape index (κ1) is 31.3. The molecule has 0 saturated carbocycles. The molecule has 0 aliphatic carbocycles. The molecule has 3 aromatic rings. The number of likely N-dealkylation sites (tertiary alicyclic amines) is 1. The van der Waals surface area contributed by atoms with Crippen LogP contribution in [0.25, 0.3) is 11.1 Å². The van der Waals surface area contributed by atoms with Crippen molar-refractivity contribution < 1.29 is 14.3 Å². The fourth-order valence-electron chi connectivity index (χ4n) is 5.33. The SMILES string of the molecule is CC(NC1CCN(Cc2ccccc2)CC1)c1cccc(-c2ccccc2NC(=O)CCCNC(=O)OC(C)(C)C)c1. The number of benzene rings is 3. The molecule has 3 N–H and O–H groups in total. The Morgan fingerprint density at radius 3 is 2.40 bits per heavy atom. The fraction of sp³-hybridized carbons (Fsp3) is 0.429. The molecule has 7 nitrogen and oxygen atoms in total. The van der Waals surface area contributed by atoms with Gasteiger partial charge >= 0.3 is 6.09 Å². The van der Waals surface area contributed by atoms with Gasteiger partial charge in [0.15, 0.2) is 0 Å². The number of nitrogens with one attached hydrogen (secondary N) is 3. The minimum Gasteiger partial charge on any atom is -0.444 e. The maximum absolute atomic E-state index is 12.7. The smallest absolute Gasteiger partial charge is 0.407 e. The summed E-state index contributed by atoms with van der Waals surface area (Å²) in [6.07, 6.45) is 2.63. The predicted molar refractivity (Wildman–Crippen MR) is 170 cm³/mol. The van der Waals surface area contributed by atoms with E-state index < -0.39 is 11.7 Å². The van der Waals surface area contributed by atoms with Gasteiger partial charge in [-0.1, -0.05) is 66.7 Å². The normalized spacial score (nSPS) is 15.1. The van der Waals surface area contributed by atoms with E-state index >= 15 is 0 Å². The third kappa shape index (κ3) is 10.00. The van der Waals surface area contributed by atoms with Crippen LogP contribution in [-0.4, -0.2) is 48.2 Å². The zero-order chi connectivity index (χ0) is 30.0. The number of para-hydroxylation sites is 1. The molecule has 0 bridgehead atoms. The molecule has 2 amide bonds. The summed E-state index contributed by atoms with van der Waals surface area (Å²) in [6, 6.07) is 27.9. The lowest BCUT2D eigenvalue weighted by atomic mass is 9.97. The topological polar surface area (TPSA) is 82.7 Å². The minimum absolute atomic E-state index is 0.0850. The summed E-state index contributed by atoms with van der Waals surface area (Å²) in [5.74, 6) is -0.0850. The van der Waals surface area contributed by atoms with Gasteiger partial charge in [-0.2, -0.15) is 0 Å². The molecule has 4 rings (SSSR count). The molecule has 1 heterocycles. The number of carbonyl (C=O) groups excluding carboxylic acids is 2. The summed E-state index contributed by atoms with van der Waals surface area (Å²) in [6.45, 7) is 11.3. The number of anilines is 1. The lowest BCUT2D eigenvalue weighted by molar-refractivity contribution is -0.116. The number of piperidine rings is 1. The van der Waals surface area contributed by atoms with Crippen molar-refractivity contribution >= 4 is 17.7 Å². The molecule has 224 valence electrons. The summed E-state index contributed by atoms with van der Waals surface area (Å²) < 4.78 is 5.24. The number of hydrogen-bond donors (Lipinski definition) is 3. The van der Waals surface area contributed by atoms with Crippen molar-refractivity contribution in [3.8, 4) is 11.1 Å². The molecule has 1 unspecified atom stereocenters. The van der Waals surface area contributed by atoms with Crippen LogP contribution in [0.3, 0.4) is 0 Å². The zero-order valence-corrected chi connectivity index (χ0v) is 25.5. The van der Waals surface area contributed by atoms with Gasteiger partial charge in [0.1, 0.15) is 5.60 Å². The summed E-state index contributed by atoms with van der Waals surface area (Å²) in [5, 5.41) is 9.63. The van der Waals surface area contributed by atoms with Gasteiger partial charge in [-0.05, 0) is 88.9 Å². The van der Waals surface area contributed by atoms with Crippen LogP contribution >= 0.6 is 0 Å². The van der Waals surface area contributed by atoms with Crippen molar-refractivity contribution in [3.05, 3.63) is 90.0 Å². The highest BCUT2D eigenvalue weighted by molar-refractivity contribution is 5.95. The monoisotopic (exact) mass is 570 g/mol. The summed E-state index contributed by atoms with van der Waals surface area (Å²) >= 11 is 0. The van der Waals surface area contributed by atoms with E-state index in [0.717, 1.165) is 49.3 Å². The van der Waals surface area contributed by atoms with Gasteiger partial charge in [0.2, 0.25) is 5.91 Å². The number of nitrogens with zero attached hydrogens (tertiary/aromatic N) is 1. The van der Waals surface area contributed by atoms with Crippen molar-refractivity contribution in [2.24, 2.45) is 0 Å². The molecular formula is C35H46N4O3. The highest BCUT2D eigenvalue weighted by atomic mass is 16.6. The van der Waals surface area contributed by atoms with Crippen molar-refractivity contribution in [1.82, 2.24) is 15.5 Å². The van der Waals surface area contributed by atoms with Crippen LogP contribution in [0, 0.1) is 0 Å². The van der Waals surface area contributed by atoms with Crippen molar-refractivity contribution in [1.29, 1.82) is 0 Å². The number of amides is 2. The molecule has 42 heavy (non-hydrogen) atoms. The highest BCUT2D eigenvalue weighted by Crippen LogP contribution is 2.30. The Balaban J connectivity index is 1.28. The van der Waals surface area contributed by atoms with E-state index in [0.29, 0.717) is 25.4 Å². The Kier molecular flexibility index (Phi) is 11.2. The molecule has 1 saturated heterocycles. The Bertz CT molecular complexity index is 1300. The second-order valence-electron chi connectivity index (χ2n) is 12.2. The van der Waals surface area contributed by atoms with E-state index in [9.17, 15) is 9.59 Å². The Hall–Kier alpha value is -3.68. The number of hydrogen-bond acceptors (Lipinski definition) is 5. The van der Waals surface area contributed by atoms with Crippen LogP contribution in [0.4, 0.5) is 10.5 Å². The first-order valence-corrected chi connectivity index (χ1v) is 15.1. The second kappa shape index (κ2) is 15.0. The van der Waals surface area contributed by atoms with Gasteiger partial charge in [-0.25, -0.2) is 4.79 Å². The largest absolute Gasteiger partial charge is 0.444 e. The Labute approximate surface area is 251 Å². The van der Waals surface area contributed by atoms with E-state index in [1.165, 1.54) is 11.1 Å². The molecule has 1 aliphatic rings. The third-order valence-corrected chi connectivity index (χ3v) is 7.47. The predicted octanol–water partition coefficient (Wildman–Crippen LogP) is 6.91.